The average Bonchev–Trinajstić information content (AvgIpc) is 2.74. The van der Waals surface area contributed by atoms with Gasteiger partial charge in [0.25, 0.3) is 11.8 Å². The van der Waals surface area contributed by atoms with Gasteiger partial charge in [0, 0.05) is 12.1 Å². The van der Waals surface area contributed by atoms with Gasteiger partial charge in [0.1, 0.15) is 6.04 Å². The van der Waals surface area contributed by atoms with Crippen LogP contribution < -0.4 is 16.4 Å². The maximum atomic E-state index is 12.8. The zero-order valence-corrected chi connectivity index (χ0v) is 16.0. The van der Waals surface area contributed by atoms with Crippen molar-refractivity contribution in [1.82, 2.24) is 5.32 Å². The van der Waals surface area contributed by atoms with Crippen molar-refractivity contribution >= 4 is 29.2 Å². The van der Waals surface area contributed by atoms with E-state index in [1.54, 1.807) is 66.7 Å². The molecule has 0 aromatic heterocycles. The third kappa shape index (κ3) is 5.02. The molecule has 3 aromatic carbocycles. The van der Waals surface area contributed by atoms with Gasteiger partial charge in [0.05, 0.1) is 16.8 Å². The highest BCUT2D eigenvalue weighted by atomic mass is 16.4. The molecule has 0 heterocycles. The molecule has 5 N–H and O–H groups in total. The summed E-state index contributed by atoms with van der Waals surface area (Å²) in [7, 11) is 0. The smallest absolute Gasteiger partial charge is 0.326 e. The summed E-state index contributed by atoms with van der Waals surface area (Å²) < 4.78 is 0. The lowest BCUT2D eigenvalue weighted by Gasteiger charge is -2.17. The molecule has 2 amide bonds. The second-order valence-corrected chi connectivity index (χ2v) is 6.64. The Kier molecular flexibility index (Phi) is 6.44. The third-order valence-corrected chi connectivity index (χ3v) is 4.51. The van der Waals surface area contributed by atoms with Crippen molar-refractivity contribution in [2.24, 2.45) is 0 Å². The van der Waals surface area contributed by atoms with Gasteiger partial charge in [-0.3, -0.25) is 9.59 Å². The van der Waals surface area contributed by atoms with E-state index in [2.05, 4.69) is 10.6 Å². The van der Waals surface area contributed by atoms with Crippen LogP contribution in [0.25, 0.3) is 0 Å². The van der Waals surface area contributed by atoms with Crippen LogP contribution in [-0.2, 0) is 11.2 Å². The normalized spacial score (nSPS) is 11.3. The van der Waals surface area contributed by atoms with Gasteiger partial charge >= 0.3 is 5.97 Å². The van der Waals surface area contributed by atoms with Crippen LogP contribution in [0.2, 0.25) is 0 Å². The lowest BCUT2D eigenvalue weighted by Crippen LogP contribution is -2.42. The van der Waals surface area contributed by atoms with Crippen molar-refractivity contribution in [3.05, 3.63) is 95.6 Å². The number of carboxylic acids is 1. The second-order valence-electron chi connectivity index (χ2n) is 6.64. The van der Waals surface area contributed by atoms with E-state index < -0.39 is 23.8 Å². The Balaban J connectivity index is 1.78. The number of nitrogens with two attached hydrogens (primary N) is 1. The molecule has 0 bridgehead atoms. The van der Waals surface area contributed by atoms with Crippen LogP contribution in [0.15, 0.2) is 78.9 Å². The fourth-order valence-electron chi connectivity index (χ4n) is 2.97. The third-order valence-electron chi connectivity index (χ3n) is 4.51. The van der Waals surface area contributed by atoms with Crippen molar-refractivity contribution in [2.75, 3.05) is 11.1 Å². The number of aliphatic carboxylic acids is 1. The molecule has 0 saturated carbocycles. The van der Waals surface area contributed by atoms with Crippen molar-refractivity contribution in [1.29, 1.82) is 0 Å². The Bertz CT molecular complexity index is 1070. The molecule has 0 saturated heterocycles. The standard InChI is InChI=1S/C23H21N3O4/c24-18-12-6-4-10-16(18)21(27)25-19-13-7-5-11-17(19)22(28)26-20(23(29)30)14-15-8-2-1-3-9-15/h1-13,20H,14,24H2,(H,25,27)(H,26,28)(H,29,30)/t20-/m0/s1. The number of amides is 2. The number of hydrogen-bond donors (Lipinski definition) is 4. The first-order chi connectivity index (χ1) is 14.5. The number of hydrogen-bond acceptors (Lipinski definition) is 4. The first-order valence-electron chi connectivity index (χ1n) is 9.28. The Labute approximate surface area is 173 Å². The number of para-hydroxylation sites is 2. The van der Waals surface area contributed by atoms with Crippen LogP contribution in [-0.4, -0.2) is 28.9 Å². The fraction of sp³-hybridized carbons (Fsp3) is 0.0870. The second kappa shape index (κ2) is 9.38. The molecule has 3 aromatic rings. The van der Waals surface area contributed by atoms with Crippen molar-refractivity contribution in [3.8, 4) is 0 Å². The number of anilines is 2. The molecule has 1 atom stereocenters. The average molecular weight is 403 g/mol. The Morgan fingerprint density at radius 3 is 2.07 bits per heavy atom. The van der Waals surface area contributed by atoms with E-state index in [-0.39, 0.29) is 23.2 Å². The quantitative estimate of drug-likeness (QED) is 0.452. The van der Waals surface area contributed by atoms with Crippen molar-refractivity contribution in [3.63, 3.8) is 0 Å². The summed E-state index contributed by atoms with van der Waals surface area (Å²) in [5.74, 6) is -2.21. The van der Waals surface area contributed by atoms with E-state index in [9.17, 15) is 19.5 Å². The minimum absolute atomic E-state index is 0.136. The van der Waals surface area contributed by atoms with Crippen LogP contribution in [0.1, 0.15) is 26.3 Å². The van der Waals surface area contributed by atoms with E-state index in [1.807, 2.05) is 6.07 Å². The first kappa shape index (κ1) is 20.6. The molecule has 0 fully saturated rings. The van der Waals surface area contributed by atoms with Gasteiger partial charge in [0.15, 0.2) is 0 Å². The first-order valence-corrected chi connectivity index (χ1v) is 9.28. The monoisotopic (exact) mass is 403 g/mol. The summed E-state index contributed by atoms with van der Waals surface area (Å²) in [6.45, 7) is 0. The van der Waals surface area contributed by atoms with E-state index >= 15 is 0 Å². The van der Waals surface area contributed by atoms with Crippen LogP contribution in [0.4, 0.5) is 11.4 Å². The van der Waals surface area contributed by atoms with Gasteiger partial charge in [0.2, 0.25) is 0 Å². The van der Waals surface area contributed by atoms with E-state index in [1.165, 1.54) is 6.07 Å². The summed E-state index contributed by atoms with van der Waals surface area (Å²) in [5.41, 5.74) is 7.62. The van der Waals surface area contributed by atoms with E-state index in [0.29, 0.717) is 5.69 Å². The van der Waals surface area contributed by atoms with Gasteiger partial charge in [-0.1, -0.05) is 54.6 Å². The summed E-state index contributed by atoms with van der Waals surface area (Å²) in [6.07, 6.45) is 0.136. The summed E-state index contributed by atoms with van der Waals surface area (Å²) in [6, 6.07) is 20.9. The number of nitrogen functional groups attached to an aromatic ring is 1. The molecule has 0 aliphatic rings. The van der Waals surface area contributed by atoms with Crippen LogP contribution in [0.5, 0.6) is 0 Å². The molecule has 3 rings (SSSR count). The highest BCUT2D eigenvalue weighted by Crippen LogP contribution is 2.19. The van der Waals surface area contributed by atoms with Gasteiger partial charge in [-0.05, 0) is 29.8 Å². The van der Waals surface area contributed by atoms with Crippen LogP contribution in [0, 0.1) is 0 Å². The zero-order chi connectivity index (χ0) is 21.5. The molecular formula is C23H21N3O4. The van der Waals surface area contributed by atoms with Gasteiger partial charge in [-0.25, -0.2) is 4.79 Å². The van der Waals surface area contributed by atoms with Crippen molar-refractivity contribution in [2.45, 2.75) is 12.5 Å². The number of carbonyl (C=O) groups is 3. The molecule has 0 spiro atoms. The number of benzene rings is 3. The molecule has 7 nitrogen and oxygen atoms in total. The minimum atomic E-state index is -1.15. The predicted molar refractivity (Wildman–Crippen MR) is 114 cm³/mol. The van der Waals surface area contributed by atoms with E-state index in [4.69, 9.17) is 5.73 Å². The molecule has 0 radical (unpaired) electrons. The van der Waals surface area contributed by atoms with Crippen LogP contribution in [0.3, 0.4) is 0 Å². The Hall–Kier alpha value is -4.13. The molecule has 7 heteroatoms. The SMILES string of the molecule is Nc1ccccc1C(=O)Nc1ccccc1C(=O)N[C@@H](Cc1ccccc1)C(=O)O. The molecule has 0 aliphatic carbocycles. The topological polar surface area (TPSA) is 122 Å². The Morgan fingerprint density at radius 1 is 0.800 bits per heavy atom. The highest BCUT2D eigenvalue weighted by molar-refractivity contribution is 6.11. The Morgan fingerprint density at radius 2 is 1.40 bits per heavy atom. The lowest BCUT2D eigenvalue weighted by molar-refractivity contribution is -0.139. The zero-order valence-electron chi connectivity index (χ0n) is 16.0. The van der Waals surface area contributed by atoms with Gasteiger partial charge in [-0.15, -0.1) is 0 Å². The molecule has 0 unspecified atom stereocenters. The predicted octanol–water partition coefficient (Wildman–Crippen LogP) is 2.95. The summed E-state index contributed by atoms with van der Waals surface area (Å²) in [5, 5.41) is 14.7. The highest BCUT2D eigenvalue weighted by Gasteiger charge is 2.23. The van der Waals surface area contributed by atoms with Gasteiger partial charge in [-0.2, -0.15) is 0 Å². The number of nitrogens with one attached hydrogen (secondary N) is 2. The van der Waals surface area contributed by atoms with Crippen LogP contribution >= 0.6 is 0 Å². The molecule has 152 valence electrons. The summed E-state index contributed by atoms with van der Waals surface area (Å²) >= 11 is 0. The largest absolute Gasteiger partial charge is 0.480 e. The summed E-state index contributed by atoms with van der Waals surface area (Å²) in [4.78, 5) is 37.0. The molecule has 30 heavy (non-hydrogen) atoms. The lowest BCUT2D eigenvalue weighted by atomic mass is 10.0. The minimum Gasteiger partial charge on any atom is -0.480 e. The molecular weight excluding hydrogens is 382 g/mol. The molecule has 0 aliphatic heterocycles. The van der Waals surface area contributed by atoms with E-state index in [0.717, 1.165) is 5.56 Å². The number of carbonyl (C=O) groups excluding carboxylic acids is 2. The number of rotatable bonds is 7. The van der Waals surface area contributed by atoms with Gasteiger partial charge < -0.3 is 21.5 Å². The number of carboxylic acid groups (broad SMARTS) is 1. The maximum Gasteiger partial charge on any atom is 0.326 e. The fourth-order valence-corrected chi connectivity index (χ4v) is 2.97. The maximum absolute atomic E-state index is 12.8. The van der Waals surface area contributed by atoms with Crippen molar-refractivity contribution < 1.29 is 19.5 Å².